The second-order valence-electron chi connectivity index (χ2n) is 4.49. The standard InChI is InChI=1S/C13H20N2O4S/c1-3-20(16,17)14-12-10-11(4-5-13(12)18-2)15-6-8-19-9-7-15/h4-5,10,14H,3,6-9H2,1-2H3. The topological polar surface area (TPSA) is 67.9 Å². The molecule has 2 rings (SSSR count). The first kappa shape index (κ1) is 14.9. The molecule has 7 heteroatoms. The summed E-state index contributed by atoms with van der Waals surface area (Å²) < 4.78 is 36.5. The quantitative estimate of drug-likeness (QED) is 0.887. The summed E-state index contributed by atoms with van der Waals surface area (Å²) >= 11 is 0. The van der Waals surface area contributed by atoms with Gasteiger partial charge >= 0.3 is 0 Å². The molecule has 0 unspecified atom stereocenters. The average Bonchev–Trinajstić information content (AvgIpc) is 2.48. The third-order valence-electron chi connectivity index (χ3n) is 3.20. The van der Waals surface area contributed by atoms with Crippen LogP contribution in [0.25, 0.3) is 0 Å². The molecule has 0 amide bonds. The van der Waals surface area contributed by atoms with Crippen LogP contribution in [-0.4, -0.2) is 47.6 Å². The highest BCUT2D eigenvalue weighted by molar-refractivity contribution is 7.92. The fraction of sp³-hybridized carbons (Fsp3) is 0.538. The molecule has 1 saturated heterocycles. The highest BCUT2D eigenvalue weighted by Gasteiger charge is 2.16. The maximum absolute atomic E-state index is 11.7. The van der Waals surface area contributed by atoms with Crippen LogP contribution in [-0.2, 0) is 14.8 Å². The minimum atomic E-state index is -3.33. The predicted molar refractivity (Wildman–Crippen MR) is 79.1 cm³/mol. The monoisotopic (exact) mass is 300 g/mol. The highest BCUT2D eigenvalue weighted by atomic mass is 32.2. The van der Waals surface area contributed by atoms with Gasteiger partial charge in [-0.2, -0.15) is 0 Å². The zero-order valence-electron chi connectivity index (χ0n) is 11.8. The number of sulfonamides is 1. The molecule has 0 aliphatic carbocycles. The van der Waals surface area contributed by atoms with Crippen LogP contribution in [0.5, 0.6) is 5.75 Å². The van der Waals surface area contributed by atoms with Gasteiger partial charge in [-0.25, -0.2) is 8.42 Å². The minimum absolute atomic E-state index is 0.0257. The lowest BCUT2D eigenvalue weighted by Crippen LogP contribution is -2.36. The number of anilines is 2. The summed E-state index contributed by atoms with van der Waals surface area (Å²) in [5, 5.41) is 0. The molecule has 0 saturated carbocycles. The van der Waals surface area contributed by atoms with Gasteiger partial charge in [-0.1, -0.05) is 0 Å². The van der Waals surface area contributed by atoms with Crippen LogP contribution in [0.15, 0.2) is 18.2 Å². The van der Waals surface area contributed by atoms with E-state index in [1.165, 1.54) is 7.11 Å². The number of benzene rings is 1. The lowest BCUT2D eigenvalue weighted by Gasteiger charge is -2.29. The number of hydrogen-bond acceptors (Lipinski definition) is 5. The zero-order chi connectivity index (χ0) is 14.6. The van der Waals surface area contributed by atoms with Gasteiger partial charge in [0.1, 0.15) is 5.75 Å². The largest absolute Gasteiger partial charge is 0.495 e. The summed E-state index contributed by atoms with van der Waals surface area (Å²) in [6, 6.07) is 5.50. The normalized spacial score (nSPS) is 16.0. The molecule has 1 aromatic rings. The summed E-state index contributed by atoms with van der Waals surface area (Å²) in [4.78, 5) is 2.16. The van der Waals surface area contributed by atoms with Gasteiger partial charge in [0.15, 0.2) is 0 Å². The van der Waals surface area contributed by atoms with Crippen LogP contribution in [0, 0.1) is 0 Å². The van der Waals surface area contributed by atoms with E-state index in [1.807, 2.05) is 6.07 Å². The van der Waals surface area contributed by atoms with Crippen molar-refractivity contribution in [1.82, 2.24) is 0 Å². The summed E-state index contributed by atoms with van der Waals surface area (Å²) in [7, 11) is -1.80. The number of methoxy groups -OCH3 is 1. The fourth-order valence-electron chi connectivity index (χ4n) is 2.03. The van der Waals surface area contributed by atoms with E-state index < -0.39 is 10.0 Å². The Kier molecular flexibility index (Phi) is 4.72. The number of nitrogens with one attached hydrogen (secondary N) is 1. The molecule has 1 aliphatic heterocycles. The molecule has 0 radical (unpaired) electrons. The molecule has 1 aromatic carbocycles. The Hall–Kier alpha value is -1.47. The van der Waals surface area contributed by atoms with E-state index in [2.05, 4.69) is 9.62 Å². The van der Waals surface area contributed by atoms with Crippen molar-refractivity contribution in [2.75, 3.05) is 48.8 Å². The Morgan fingerprint density at radius 3 is 2.65 bits per heavy atom. The number of ether oxygens (including phenoxy) is 2. The van der Waals surface area contributed by atoms with Crippen LogP contribution < -0.4 is 14.4 Å². The Bertz CT molecular complexity index is 553. The lowest BCUT2D eigenvalue weighted by molar-refractivity contribution is 0.122. The lowest BCUT2D eigenvalue weighted by atomic mass is 10.2. The molecule has 0 bridgehead atoms. The number of rotatable bonds is 5. The van der Waals surface area contributed by atoms with Gasteiger partial charge in [0.2, 0.25) is 10.0 Å². The zero-order valence-corrected chi connectivity index (χ0v) is 12.6. The Morgan fingerprint density at radius 1 is 1.35 bits per heavy atom. The van der Waals surface area contributed by atoms with Gasteiger partial charge < -0.3 is 14.4 Å². The third kappa shape index (κ3) is 3.55. The van der Waals surface area contributed by atoms with E-state index in [4.69, 9.17) is 9.47 Å². The molecule has 6 nitrogen and oxygen atoms in total. The van der Waals surface area contributed by atoms with Gasteiger partial charge in [0.05, 0.1) is 31.8 Å². The molecule has 1 fully saturated rings. The highest BCUT2D eigenvalue weighted by Crippen LogP contribution is 2.30. The van der Waals surface area contributed by atoms with Crippen LogP contribution in [0.1, 0.15) is 6.92 Å². The number of morpholine rings is 1. The molecule has 1 heterocycles. The molecular weight excluding hydrogens is 280 g/mol. The van der Waals surface area contributed by atoms with E-state index >= 15 is 0 Å². The molecule has 1 aliphatic rings. The Balaban J connectivity index is 2.28. The first-order valence-electron chi connectivity index (χ1n) is 6.57. The minimum Gasteiger partial charge on any atom is -0.495 e. The maximum atomic E-state index is 11.7. The summed E-state index contributed by atoms with van der Waals surface area (Å²) in [5.74, 6) is 0.539. The second-order valence-corrected chi connectivity index (χ2v) is 6.50. The van der Waals surface area contributed by atoms with Gasteiger partial charge in [-0.05, 0) is 25.1 Å². The van der Waals surface area contributed by atoms with Crippen LogP contribution >= 0.6 is 0 Å². The van der Waals surface area contributed by atoms with Crippen molar-refractivity contribution in [3.8, 4) is 5.75 Å². The van der Waals surface area contributed by atoms with E-state index in [9.17, 15) is 8.42 Å². The van der Waals surface area contributed by atoms with E-state index in [0.29, 0.717) is 24.7 Å². The van der Waals surface area contributed by atoms with Gasteiger partial charge in [0, 0.05) is 18.8 Å². The van der Waals surface area contributed by atoms with E-state index in [1.54, 1.807) is 19.1 Å². The van der Waals surface area contributed by atoms with Crippen molar-refractivity contribution >= 4 is 21.4 Å². The average molecular weight is 300 g/mol. The van der Waals surface area contributed by atoms with Crippen molar-refractivity contribution in [1.29, 1.82) is 0 Å². The number of nitrogens with zero attached hydrogens (tertiary/aromatic N) is 1. The molecule has 112 valence electrons. The van der Waals surface area contributed by atoms with E-state index in [-0.39, 0.29) is 5.75 Å². The Morgan fingerprint density at radius 2 is 2.05 bits per heavy atom. The molecule has 20 heavy (non-hydrogen) atoms. The fourth-order valence-corrected chi connectivity index (χ4v) is 2.67. The number of hydrogen-bond donors (Lipinski definition) is 1. The molecule has 1 N–H and O–H groups in total. The smallest absolute Gasteiger partial charge is 0.232 e. The summed E-state index contributed by atoms with van der Waals surface area (Å²) in [5.41, 5.74) is 1.43. The van der Waals surface area contributed by atoms with Gasteiger partial charge in [0.25, 0.3) is 0 Å². The van der Waals surface area contributed by atoms with Crippen molar-refractivity contribution in [3.63, 3.8) is 0 Å². The second kappa shape index (κ2) is 6.32. The first-order valence-corrected chi connectivity index (χ1v) is 8.22. The maximum Gasteiger partial charge on any atom is 0.232 e. The van der Waals surface area contributed by atoms with Gasteiger partial charge in [-0.15, -0.1) is 0 Å². The van der Waals surface area contributed by atoms with Crippen LogP contribution in [0.2, 0.25) is 0 Å². The third-order valence-corrected chi connectivity index (χ3v) is 4.50. The van der Waals surface area contributed by atoms with Gasteiger partial charge in [-0.3, -0.25) is 4.72 Å². The first-order chi connectivity index (χ1) is 9.55. The summed E-state index contributed by atoms with van der Waals surface area (Å²) in [6.07, 6.45) is 0. The SMILES string of the molecule is CCS(=O)(=O)Nc1cc(N2CCOCC2)ccc1OC. The Labute approximate surface area is 119 Å². The molecule has 0 atom stereocenters. The molecule has 0 spiro atoms. The van der Waals surface area contributed by atoms with Crippen molar-refractivity contribution in [3.05, 3.63) is 18.2 Å². The van der Waals surface area contributed by atoms with Crippen molar-refractivity contribution in [2.45, 2.75) is 6.92 Å². The van der Waals surface area contributed by atoms with Crippen molar-refractivity contribution < 1.29 is 17.9 Å². The van der Waals surface area contributed by atoms with Crippen LogP contribution in [0.4, 0.5) is 11.4 Å². The molecular formula is C13H20N2O4S. The summed E-state index contributed by atoms with van der Waals surface area (Å²) in [6.45, 7) is 4.56. The van der Waals surface area contributed by atoms with E-state index in [0.717, 1.165) is 18.8 Å². The van der Waals surface area contributed by atoms with Crippen LogP contribution in [0.3, 0.4) is 0 Å². The predicted octanol–water partition coefficient (Wildman–Crippen LogP) is 1.29. The molecule has 0 aromatic heterocycles. The van der Waals surface area contributed by atoms with Crippen molar-refractivity contribution in [2.24, 2.45) is 0 Å².